The number of aromatic nitrogens is 3. The van der Waals surface area contributed by atoms with Gasteiger partial charge in [-0.05, 0) is 18.2 Å². The third-order valence-corrected chi connectivity index (χ3v) is 5.26. The van der Waals surface area contributed by atoms with Gasteiger partial charge in [-0.3, -0.25) is 14.9 Å². The molecule has 0 fully saturated rings. The van der Waals surface area contributed by atoms with E-state index in [1.807, 2.05) is 30.3 Å². The Hall–Kier alpha value is -3.46. The van der Waals surface area contributed by atoms with Crippen LogP contribution in [0.25, 0.3) is 22.3 Å². The molecule has 0 spiro atoms. The van der Waals surface area contributed by atoms with Crippen LogP contribution in [0.3, 0.4) is 0 Å². The molecule has 4 rings (SSSR count). The zero-order valence-corrected chi connectivity index (χ0v) is 15.9. The Bertz CT molecular complexity index is 1220. The van der Waals surface area contributed by atoms with Crippen molar-refractivity contribution in [2.24, 2.45) is 0 Å². The predicted octanol–water partition coefficient (Wildman–Crippen LogP) is 5.08. The maximum Gasteiger partial charge on any atom is 0.295 e. The lowest BCUT2D eigenvalue weighted by molar-refractivity contribution is 0.101. The predicted molar refractivity (Wildman–Crippen MR) is 107 cm³/mol. The molecule has 0 saturated carbocycles. The van der Waals surface area contributed by atoms with Crippen LogP contribution in [0.1, 0.15) is 39.2 Å². The number of Topliss-reactive ketones (excluding diaryl/α,β-unsaturated/α-hetero) is 1. The number of alkyl halides is 2. The van der Waals surface area contributed by atoms with Crippen LogP contribution in [-0.4, -0.2) is 26.6 Å². The monoisotopic (exact) mass is 412 g/mol. The Labute approximate surface area is 167 Å². The second-order valence-corrected chi connectivity index (χ2v) is 7.23. The van der Waals surface area contributed by atoms with Gasteiger partial charge in [-0.15, -0.1) is 0 Å². The fraction of sp³-hybridized carbons (Fsp3) is 0.100. The molecule has 0 atom stereocenters. The number of carbonyl (C=O) groups is 2. The number of ketones is 1. The summed E-state index contributed by atoms with van der Waals surface area (Å²) < 4.78 is 25.6. The molecule has 2 aromatic carbocycles. The molecule has 0 saturated heterocycles. The van der Waals surface area contributed by atoms with E-state index >= 15 is 0 Å². The van der Waals surface area contributed by atoms with Crippen molar-refractivity contribution >= 4 is 39.2 Å². The number of thiazole rings is 1. The number of anilines is 1. The lowest BCUT2D eigenvalue weighted by Gasteiger charge is -2.01. The van der Waals surface area contributed by atoms with Crippen LogP contribution in [-0.2, 0) is 0 Å². The highest BCUT2D eigenvalue weighted by Crippen LogP contribution is 2.32. The van der Waals surface area contributed by atoms with Crippen LogP contribution in [0.2, 0.25) is 0 Å². The molecule has 1 amide bonds. The molecule has 0 aliphatic heterocycles. The van der Waals surface area contributed by atoms with E-state index in [1.54, 1.807) is 0 Å². The second kappa shape index (κ2) is 7.51. The first kappa shape index (κ1) is 18.9. The molecule has 0 aliphatic rings. The van der Waals surface area contributed by atoms with Crippen LogP contribution in [0.5, 0.6) is 0 Å². The zero-order chi connectivity index (χ0) is 20.5. The number of imidazole rings is 1. The number of benzene rings is 2. The van der Waals surface area contributed by atoms with Crippen molar-refractivity contribution in [3.8, 4) is 11.3 Å². The van der Waals surface area contributed by atoms with Crippen LogP contribution < -0.4 is 5.32 Å². The summed E-state index contributed by atoms with van der Waals surface area (Å²) >= 11 is 1.09. The number of amides is 1. The van der Waals surface area contributed by atoms with Crippen LogP contribution in [0, 0.1) is 0 Å². The first-order chi connectivity index (χ1) is 13.9. The fourth-order valence-electron chi connectivity index (χ4n) is 2.85. The van der Waals surface area contributed by atoms with E-state index in [4.69, 9.17) is 0 Å². The number of hydrogen-bond acceptors (Lipinski definition) is 5. The standard InChI is InChI=1S/C20H14F2N4O2S/c1-10(27)16-15(11-5-3-2-4-6-11)25-20(29-16)26-19(28)12-7-8-13-14(9-12)24-18(23-13)17(21)22/h2-9,17H,1H3,(H,23,24)(H,25,26,28). The maximum atomic E-state index is 12.8. The molecular formula is C20H14F2N4O2S. The van der Waals surface area contributed by atoms with E-state index in [2.05, 4.69) is 20.3 Å². The van der Waals surface area contributed by atoms with Gasteiger partial charge >= 0.3 is 0 Å². The summed E-state index contributed by atoms with van der Waals surface area (Å²) in [7, 11) is 0. The van der Waals surface area contributed by atoms with Crippen molar-refractivity contribution < 1.29 is 18.4 Å². The van der Waals surface area contributed by atoms with Crippen LogP contribution in [0.15, 0.2) is 48.5 Å². The molecule has 2 aromatic heterocycles. The number of halogens is 2. The molecule has 0 radical (unpaired) electrons. The third kappa shape index (κ3) is 3.77. The SMILES string of the molecule is CC(=O)c1sc(NC(=O)c2ccc3nc(C(F)F)[nH]c3c2)nc1-c1ccccc1. The van der Waals surface area contributed by atoms with Crippen molar-refractivity contribution in [3.05, 3.63) is 64.8 Å². The topological polar surface area (TPSA) is 87.7 Å². The number of hydrogen-bond donors (Lipinski definition) is 2. The lowest BCUT2D eigenvalue weighted by Crippen LogP contribution is -2.11. The van der Waals surface area contributed by atoms with Gasteiger partial charge in [0, 0.05) is 18.1 Å². The average Bonchev–Trinajstić information content (AvgIpc) is 3.32. The number of carbonyl (C=O) groups excluding carboxylic acids is 2. The van der Waals surface area contributed by atoms with Gasteiger partial charge in [0.05, 0.1) is 21.6 Å². The molecule has 2 N–H and O–H groups in total. The Morgan fingerprint density at radius 1 is 1.10 bits per heavy atom. The molecule has 9 heteroatoms. The fourth-order valence-corrected chi connectivity index (χ4v) is 3.73. The molecule has 146 valence electrons. The van der Waals surface area contributed by atoms with Crippen molar-refractivity contribution in [3.63, 3.8) is 0 Å². The van der Waals surface area contributed by atoms with Gasteiger partial charge in [0.1, 0.15) is 0 Å². The quantitative estimate of drug-likeness (QED) is 0.448. The van der Waals surface area contributed by atoms with Gasteiger partial charge in [-0.25, -0.2) is 18.7 Å². The Morgan fingerprint density at radius 3 is 2.55 bits per heavy atom. The van der Waals surface area contributed by atoms with Crippen molar-refractivity contribution in [1.29, 1.82) is 0 Å². The Morgan fingerprint density at radius 2 is 1.86 bits per heavy atom. The van der Waals surface area contributed by atoms with E-state index in [0.29, 0.717) is 21.6 Å². The summed E-state index contributed by atoms with van der Waals surface area (Å²) in [5.41, 5.74) is 2.21. The van der Waals surface area contributed by atoms with E-state index in [-0.39, 0.29) is 16.5 Å². The highest BCUT2D eigenvalue weighted by molar-refractivity contribution is 7.18. The van der Waals surface area contributed by atoms with E-state index < -0.39 is 18.2 Å². The largest absolute Gasteiger partial charge is 0.337 e. The van der Waals surface area contributed by atoms with Crippen molar-refractivity contribution in [1.82, 2.24) is 15.0 Å². The highest BCUT2D eigenvalue weighted by Gasteiger charge is 2.19. The summed E-state index contributed by atoms with van der Waals surface area (Å²) in [4.78, 5) is 35.7. The smallest absolute Gasteiger partial charge is 0.295 e. The summed E-state index contributed by atoms with van der Waals surface area (Å²) in [6.07, 6.45) is -2.73. The van der Waals surface area contributed by atoms with E-state index in [9.17, 15) is 18.4 Å². The molecule has 0 aliphatic carbocycles. The van der Waals surface area contributed by atoms with Gasteiger partial charge in [0.15, 0.2) is 16.7 Å². The summed E-state index contributed by atoms with van der Waals surface area (Å²) in [5.74, 6) is -1.07. The van der Waals surface area contributed by atoms with Gasteiger partial charge in [-0.1, -0.05) is 41.7 Å². The minimum atomic E-state index is -2.73. The average molecular weight is 412 g/mol. The first-order valence-electron chi connectivity index (χ1n) is 8.58. The van der Waals surface area contributed by atoms with E-state index in [0.717, 1.165) is 16.9 Å². The molecule has 0 unspecified atom stereocenters. The molecular weight excluding hydrogens is 398 g/mol. The number of H-pyrrole nitrogens is 1. The number of fused-ring (bicyclic) bond motifs is 1. The summed E-state index contributed by atoms with van der Waals surface area (Å²) in [5, 5.41) is 2.95. The summed E-state index contributed by atoms with van der Waals surface area (Å²) in [6.45, 7) is 1.44. The molecule has 0 bridgehead atoms. The first-order valence-corrected chi connectivity index (χ1v) is 9.40. The normalized spacial score (nSPS) is 11.2. The van der Waals surface area contributed by atoms with E-state index in [1.165, 1.54) is 25.1 Å². The number of rotatable bonds is 5. The Balaban J connectivity index is 1.63. The third-order valence-electron chi connectivity index (χ3n) is 4.18. The maximum absolute atomic E-state index is 12.8. The zero-order valence-electron chi connectivity index (χ0n) is 15.1. The van der Waals surface area contributed by atoms with Crippen molar-refractivity contribution in [2.45, 2.75) is 13.3 Å². The Kier molecular flexibility index (Phi) is 4.89. The number of nitrogens with one attached hydrogen (secondary N) is 2. The summed E-state index contributed by atoms with van der Waals surface area (Å²) in [6, 6.07) is 13.6. The van der Waals surface area contributed by atoms with Crippen LogP contribution >= 0.6 is 11.3 Å². The highest BCUT2D eigenvalue weighted by atomic mass is 32.1. The van der Waals surface area contributed by atoms with Gasteiger partial charge < -0.3 is 4.98 Å². The molecule has 6 nitrogen and oxygen atoms in total. The van der Waals surface area contributed by atoms with Crippen LogP contribution in [0.4, 0.5) is 13.9 Å². The molecule has 2 heterocycles. The molecule has 4 aromatic rings. The van der Waals surface area contributed by atoms with Crippen molar-refractivity contribution in [2.75, 3.05) is 5.32 Å². The second-order valence-electron chi connectivity index (χ2n) is 6.23. The molecule has 29 heavy (non-hydrogen) atoms. The van der Waals surface area contributed by atoms with Gasteiger partial charge in [0.25, 0.3) is 12.3 Å². The number of nitrogens with zero attached hydrogens (tertiary/aromatic N) is 2. The minimum absolute atomic E-state index is 0.153. The minimum Gasteiger partial charge on any atom is -0.337 e. The number of aromatic amines is 1. The lowest BCUT2D eigenvalue weighted by atomic mass is 10.1. The van der Waals surface area contributed by atoms with Gasteiger partial charge in [-0.2, -0.15) is 0 Å². The van der Waals surface area contributed by atoms with Gasteiger partial charge in [0.2, 0.25) is 0 Å².